The molecule has 0 aromatic heterocycles. The fourth-order valence-corrected chi connectivity index (χ4v) is 3.96. The van der Waals surface area contributed by atoms with Crippen LogP contribution in [0.5, 0.6) is 11.5 Å². The van der Waals surface area contributed by atoms with Crippen LogP contribution in [0.25, 0.3) is 0 Å². The average molecular weight is 548 g/mol. The Morgan fingerprint density at radius 3 is 2.51 bits per heavy atom. The van der Waals surface area contributed by atoms with Crippen LogP contribution < -0.4 is 20.2 Å². The SMILES string of the molecule is CCc1cc(Br)ccc1NC(=O)COC(=O)[C@H]1CC(=O)N(NC(=O)c2ccc(OC)c(OC)c2)C1. The Morgan fingerprint density at radius 2 is 1.83 bits per heavy atom. The normalized spacial score (nSPS) is 14.9. The summed E-state index contributed by atoms with van der Waals surface area (Å²) in [6.07, 6.45) is 0.573. The third kappa shape index (κ3) is 6.50. The molecular formula is C24H26BrN3O7. The number of anilines is 1. The molecule has 186 valence electrons. The van der Waals surface area contributed by atoms with Gasteiger partial charge in [-0.2, -0.15) is 0 Å². The van der Waals surface area contributed by atoms with Crippen LogP contribution in [-0.4, -0.2) is 56.1 Å². The summed E-state index contributed by atoms with van der Waals surface area (Å²) in [5.41, 5.74) is 4.31. The third-order valence-electron chi connectivity index (χ3n) is 5.41. The molecule has 10 nitrogen and oxygen atoms in total. The number of nitrogens with zero attached hydrogens (tertiary/aromatic N) is 1. The van der Waals surface area contributed by atoms with Crippen molar-refractivity contribution in [3.05, 3.63) is 52.0 Å². The Hall–Kier alpha value is -3.60. The van der Waals surface area contributed by atoms with Gasteiger partial charge >= 0.3 is 5.97 Å². The molecule has 3 amide bonds. The van der Waals surface area contributed by atoms with Gasteiger partial charge in [-0.3, -0.25) is 29.6 Å². The number of esters is 1. The number of rotatable bonds is 9. The summed E-state index contributed by atoms with van der Waals surface area (Å²) in [6.45, 7) is 1.41. The molecule has 2 aromatic rings. The number of aryl methyl sites for hydroxylation is 1. The standard InChI is InChI=1S/C24H26BrN3O7/c1-4-14-9-17(25)6-7-18(14)26-21(29)13-35-24(32)16-11-22(30)28(12-16)27-23(31)15-5-8-19(33-2)20(10-15)34-3/h5-10,16H,4,11-13H2,1-3H3,(H,26,29)(H,27,31)/t16-/m0/s1. The molecule has 0 spiro atoms. The van der Waals surface area contributed by atoms with Gasteiger partial charge in [-0.15, -0.1) is 0 Å². The first-order valence-corrected chi connectivity index (χ1v) is 11.6. The van der Waals surface area contributed by atoms with Crippen LogP contribution in [0.4, 0.5) is 5.69 Å². The molecule has 11 heteroatoms. The van der Waals surface area contributed by atoms with Gasteiger partial charge in [0, 0.05) is 22.1 Å². The lowest BCUT2D eigenvalue weighted by Crippen LogP contribution is -2.43. The number of ether oxygens (including phenoxy) is 3. The van der Waals surface area contributed by atoms with Gasteiger partial charge in [-0.25, -0.2) is 0 Å². The summed E-state index contributed by atoms with van der Waals surface area (Å²) in [6, 6.07) is 10.0. The first kappa shape index (κ1) is 26.0. The van der Waals surface area contributed by atoms with Crippen LogP contribution in [0.3, 0.4) is 0 Å². The Morgan fingerprint density at radius 1 is 1.09 bits per heavy atom. The van der Waals surface area contributed by atoms with Gasteiger partial charge in [0.1, 0.15) is 0 Å². The quantitative estimate of drug-likeness (QED) is 0.462. The lowest BCUT2D eigenvalue weighted by atomic mass is 10.1. The van der Waals surface area contributed by atoms with Crippen molar-refractivity contribution < 1.29 is 33.4 Å². The zero-order valence-electron chi connectivity index (χ0n) is 19.6. The van der Waals surface area contributed by atoms with E-state index in [0.717, 1.165) is 15.0 Å². The zero-order valence-corrected chi connectivity index (χ0v) is 21.1. The molecule has 35 heavy (non-hydrogen) atoms. The van der Waals surface area contributed by atoms with Gasteiger partial charge < -0.3 is 19.5 Å². The number of hydrazine groups is 1. The van der Waals surface area contributed by atoms with E-state index in [9.17, 15) is 19.2 Å². The Kier molecular flexibility index (Phi) is 8.69. The van der Waals surface area contributed by atoms with Crippen LogP contribution in [0.15, 0.2) is 40.9 Å². The first-order chi connectivity index (χ1) is 16.7. The van der Waals surface area contributed by atoms with Gasteiger partial charge in [0.2, 0.25) is 5.91 Å². The summed E-state index contributed by atoms with van der Waals surface area (Å²) < 4.78 is 16.3. The van der Waals surface area contributed by atoms with Crippen molar-refractivity contribution in [1.29, 1.82) is 0 Å². The molecule has 1 aliphatic rings. The highest BCUT2D eigenvalue weighted by Gasteiger charge is 2.36. The second-order valence-corrected chi connectivity index (χ2v) is 8.64. The zero-order chi connectivity index (χ0) is 25.5. The predicted molar refractivity (Wildman–Crippen MR) is 130 cm³/mol. The average Bonchev–Trinajstić information content (AvgIpc) is 3.22. The van der Waals surface area contributed by atoms with E-state index in [1.165, 1.54) is 26.4 Å². The van der Waals surface area contributed by atoms with E-state index in [-0.39, 0.29) is 18.5 Å². The maximum absolute atomic E-state index is 12.6. The van der Waals surface area contributed by atoms with Crippen molar-refractivity contribution in [2.75, 3.05) is 32.7 Å². The van der Waals surface area contributed by atoms with E-state index < -0.39 is 36.2 Å². The number of carbonyl (C=O) groups excluding carboxylic acids is 4. The molecule has 0 bridgehead atoms. The number of nitrogens with one attached hydrogen (secondary N) is 2. The van der Waals surface area contributed by atoms with Crippen LogP contribution in [0.2, 0.25) is 0 Å². The maximum atomic E-state index is 12.6. The number of halogens is 1. The molecule has 3 rings (SSSR count). The van der Waals surface area contributed by atoms with E-state index >= 15 is 0 Å². The Bertz CT molecular complexity index is 1140. The summed E-state index contributed by atoms with van der Waals surface area (Å²) in [5.74, 6) is -2.15. The maximum Gasteiger partial charge on any atom is 0.311 e. The lowest BCUT2D eigenvalue weighted by molar-refractivity contribution is -0.151. The highest BCUT2D eigenvalue weighted by atomic mass is 79.9. The largest absolute Gasteiger partial charge is 0.493 e. The fourth-order valence-electron chi connectivity index (χ4n) is 3.56. The molecule has 1 heterocycles. The van der Waals surface area contributed by atoms with E-state index in [4.69, 9.17) is 14.2 Å². The highest BCUT2D eigenvalue weighted by Crippen LogP contribution is 2.28. The molecule has 1 fully saturated rings. The monoisotopic (exact) mass is 547 g/mol. The van der Waals surface area contributed by atoms with Gasteiger partial charge in [-0.05, 0) is 48.4 Å². The summed E-state index contributed by atoms with van der Waals surface area (Å²) in [4.78, 5) is 49.6. The molecular weight excluding hydrogens is 522 g/mol. The Balaban J connectivity index is 1.52. The molecule has 2 N–H and O–H groups in total. The van der Waals surface area contributed by atoms with E-state index in [2.05, 4.69) is 26.7 Å². The van der Waals surface area contributed by atoms with Crippen molar-refractivity contribution in [2.24, 2.45) is 5.92 Å². The molecule has 0 radical (unpaired) electrons. The molecule has 1 aliphatic heterocycles. The fraction of sp³-hybridized carbons (Fsp3) is 0.333. The summed E-state index contributed by atoms with van der Waals surface area (Å²) in [5, 5.41) is 3.79. The molecule has 2 aromatic carbocycles. The van der Waals surface area contributed by atoms with Crippen molar-refractivity contribution in [3.8, 4) is 11.5 Å². The number of amides is 3. The molecule has 1 saturated heterocycles. The van der Waals surface area contributed by atoms with Crippen molar-refractivity contribution >= 4 is 45.3 Å². The van der Waals surface area contributed by atoms with Crippen LogP contribution in [0, 0.1) is 5.92 Å². The predicted octanol–water partition coefficient (Wildman–Crippen LogP) is 2.70. The minimum atomic E-state index is -0.806. The number of hydrogen-bond donors (Lipinski definition) is 2. The van der Waals surface area contributed by atoms with Gasteiger partial charge in [0.05, 0.1) is 26.7 Å². The smallest absolute Gasteiger partial charge is 0.311 e. The van der Waals surface area contributed by atoms with Crippen LogP contribution in [0.1, 0.15) is 29.3 Å². The van der Waals surface area contributed by atoms with Crippen LogP contribution in [-0.2, 0) is 25.5 Å². The minimum Gasteiger partial charge on any atom is -0.493 e. The van der Waals surface area contributed by atoms with Gasteiger partial charge in [-0.1, -0.05) is 22.9 Å². The van der Waals surface area contributed by atoms with E-state index in [1.807, 2.05) is 13.0 Å². The lowest BCUT2D eigenvalue weighted by Gasteiger charge is -2.18. The molecule has 1 atom stereocenters. The minimum absolute atomic E-state index is 0.0645. The van der Waals surface area contributed by atoms with Crippen LogP contribution >= 0.6 is 15.9 Å². The molecule has 0 unspecified atom stereocenters. The summed E-state index contributed by atoms with van der Waals surface area (Å²) >= 11 is 3.39. The number of methoxy groups -OCH3 is 2. The highest BCUT2D eigenvalue weighted by molar-refractivity contribution is 9.10. The van der Waals surface area contributed by atoms with E-state index in [0.29, 0.717) is 23.6 Å². The van der Waals surface area contributed by atoms with Crippen molar-refractivity contribution in [2.45, 2.75) is 19.8 Å². The number of carbonyl (C=O) groups is 4. The first-order valence-electron chi connectivity index (χ1n) is 10.8. The Labute approximate surface area is 211 Å². The van der Waals surface area contributed by atoms with E-state index in [1.54, 1.807) is 18.2 Å². The van der Waals surface area contributed by atoms with Crippen molar-refractivity contribution in [3.63, 3.8) is 0 Å². The molecule has 0 aliphatic carbocycles. The number of benzene rings is 2. The second-order valence-electron chi connectivity index (χ2n) is 7.73. The third-order valence-corrected chi connectivity index (χ3v) is 5.90. The number of hydrogen-bond acceptors (Lipinski definition) is 7. The van der Waals surface area contributed by atoms with Gasteiger partial charge in [0.25, 0.3) is 11.8 Å². The van der Waals surface area contributed by atoms with Gasteiger partial charge in [0.15, 0.2) is 18.1 Å². The topological polar surface area (TPSA) is 123 Å². The molecule has 0 saturated carbocycles. The summed E-state index contributed by atoms with van der Waals surface area (Å²) in [7, 11) is 2.92. The second kappa shape index (κ2) is 11.7. The van der Waals surface area contributed by atoms with Crippen molar-refractivity contribution in [1.82, 2.24) is 10.4 Å².